The quantitative estimate of drug-likeness (QED) is 0.880. The highest BCUT2D eigenvalue weighted by molar-refractivity contribution is 5.85. The van der Waals surface area contributed by atoms with Gasteiger partial charge in [-0.05, 0) is 25.0 Å². The minimum Gasteiger partial charge on any atom is -0.493 e. The highest BCUT2D eigenvalue weighted by atomic mass is 16.5. The van der Waals surface area contributed by atoms with Gasteiger partial charge < -0.3 is 10.5 Å². The van der Waals surface area contributed by atoms with Gasteiger partial charge in [0.25, 0.3) is 0 Å². The Morgan fingerprint density at radius 3 is 2.53 bits per heavy atom. The van der Waals surface area contributed by atoms with Crippen LogP contribution in [-0.4, -0.2) is 17.1 Å². The van der Waals surface area contributed by atoms with Crippen LogP contribution in [0.3, 0.4) is 0 Å². The maximum Gasteiger partial charge on any atom is 0.166 e. The first-order chi connectivity index (χ1) is 8.19. The smallest absolute Gasteiger partial charge is 0.166 e. The second-order valence-corrected chi connectivity index (χ2v) is 3.91. The minimum absolute atomic E-state index is 0.426. The van der Waals surface area contributed by atoms with Gasteiger partial charge in [-0.3, -0.25) is 4.98 Å². The average molecular weight is 231 g/mol. The van der Waals surface area contributed by atoms with Crippen LogP contribution in [0.2, 0.25) is 0 Å². The molecular formula is C13H17N3O. The zero-order valence-corrected chi connectivity index (χ0v) is 10.4. The van der Waals surface area contributed by atoms with E-state index in [9.17, 15) is 0 Å². The summed E-state index contributed by atoms with van der Waals surface area (Å²) in [7, 11) is 1.60. The zero-order chi connectivity index (χ0) is 12.4. The molecule has 0 bridgehead atoms. The second kappa shape index (κ2) is 4.57. The fourth-order valence-electron chi connectivity index (χ4n) is 1.90. The minimum atomic E-state index is 0.426. The number of ether oxygens (including phenoxy) is 1. The molecule has 17 heavy (non-hydrogen) atoms. The molecule has 0 atom stereocenters. The largest absolute Gasteiger partial charge is 0.493 e. The maximum atomic E-state index is 5.82. The number of pyridine rings is 2. The van der Waals surface area contributed by atoms with Crippen molar-refractivity contribution in [2.75, 3.05) is 12.8 Å². The van der Waals surface area contributed by atoms with Crippen molar-refractivity contribution in [3.8, 4) is 5.75 Å². The third-order valence-corrected chi connectivity index (χ3v) is 2.85. The Balaban J connectivity index is 2.75. The lowest BCUT2D eigenvalue weighted by atomic mass is 10.1. The average Bonchev–Trinajstić information content (AvgIpc) is 2.36. The van der Waals surface area contributed by atoms with Gasteiger partial charge in [-0.15, -0.1) is 0 Å². The van der Waals surface area contributed by atoms with Crippen LogP contribution in [0.25, 0.3) is 10.9 Å². The van der Waals surface area contributed by atoms with E-state index in [1.165, 1.54) is 0 Å². The molecule has 0 fully saturated rings. The molecule has 0 aliphatic carbocycles. The summed E-state index contributed by atoms with van der Waals surface area (Å²) in [5.74, 6) is 1.04. The van der Waals surface area contributed by atoms with Crippen molar-refractivity contribution in [2.45, 2.75) is 26.7 Å². The molecule has 2 heterocycles. The third kappa shape index (κ3) is 2.02. The summed E-state index contributed by atoms with van der Waals surface area (Å²) < 4.78 is 5.19. The molecule has 0 amide bonds. The van der Waals surface area contributed by atoms with Crippen LogP contribution in [-0.2, 0) is 12.8 Å². The molecule has 4 nitrogen and oxygen atoms in total. The zero-order valence-electron chi connectivity index (χ0n) is 10.4. The van der Waals surface area contributed by atoms with Gasteiger partial charge >= 0.3 is 0 Å². The van der Waals surface area contributed by atoms with E-state index in [4.69, 9.17) is 10.5 Å². The van der Waals surface area contributed by atoms with Crippen molar-refractivity contribution in [1.82, 2.24) is 9.97 Å². The predicted molar refractivity (Wildman–Crippen MR) is 69.3 cm³/mol. The second-order valence-electron chi connectivity index (χ2n) is 3.91. The van der Waals surface area contributed by atoms with E-state index in [0.29, 0.717) is 11.6 Å². The number of aryl methyl sites for hydroxylation is 2. The summed E-state index contributed by atoms with van der Waals surface area (Å²) in [6.07, 6.45) is 1.77. The summed E-state index contributed by atoms with van der Waals surface area (Å²) in [5, 5.41) is 1.02. The Bertz CT molecular complexity index is 552. The van der Waals surface area contributed by atoms with Gasteiger partial charge in [0.05, 0.1) is 12.6 Å². The van der Waals surface area contributed by atoms with Crippen LogP contribution in [0.4, 0.5) is 5.82 Å². The number of nitrogens with two attached hydrogens (primary N) is 1. The van der Waals surface area contributed by atoms with Gasteiger partial charge in [0.2, 0.25) is 0 Å². The van der Waals surface area contributed by atoms with E-state index in [1.54, 1.807) is 7.11 Å². The van der Waals surface area contributed by atoms with Gasteiger partial charge in [0, 0.05) is 16.8 Å². The van der Waals surface area contributed by atoms with E-state index in [2.05, 4.69) is 23.8 Å². The Labute approximate surface area is 101 Å². The molecule has 0 radical (unpaired) electrons. The number of hydrogen-bond acceptors (Lipinski definition) is 4. The summed E-state index contributed by atoms with van der Waals surface area (Å²) in [6, 6.07) is 3.91. The van der Waals surface area contributed by atoms with Gasteiger partial charge in [-0.1, -0.05) is 13.8 Å². The molecule has 2 aromatic rings. The number of rotatable bonds is 3. The molecule has 90 valence electrons. The van der Waals surface area contributed by atoms with Crippen molar-refractivity contribution in [2.24, 2.45) is 0 Å². The Kier molecular flexibility index (Phi) is 3.13. The summed E-state index contributed by atoms with van der Waals surface area (Å²) >= 11 is 0. The van der Waals surface area contributed by atoms with Crippen LogP contribution in [0.15, 0.2) is 12.1 Å². The number of aromatic nitrogens is 2. The fourth-order valence-corrected chi connectivity index (χ4v) is 1.90. The predicted octanol–water partition coefficient (Wildman–Crippen LogP) is 2.35. The Hall–Kier alpha value is -1.84. The van der Waals surface area contributed by atoms with E-state index >= 15 is 0 Å². The van der Waals surface area contributed by atoms with E-state index in [0.717, 1.165) is 35.1 Å². The molecule has 0 unspecified atom stereocenters. The van der Waals surface area contributed by atoms with E-state index in [-0.39, 0.29) is 0 Å². The van der Waals surface area contributed by atoms with Crippen LogP contribution in [0.5, 0.6) is 5.75 Å². The van der Waals surface area contributed by atoms with Crippen molar-refractivity contribution in [1.29, 1.82) is 0 Å². The molecule has 0 saturated carbocycles. The highest BCUT2D eigenvalue weighted by Gasteiger charge is 2.09. The number of nitrogen functional groups attached to an aromatic ring is 1. The van der Waals surface area contributed by atoms with Gasteiger partial charge in [-0.25, -0.2) is 4.98 Å². The number of methoxy groups -OCH3 is 1. The van der Waals surface area contributed by atoms with Gasteiger partial charge in [-0.2, -0.15) is 0 Å². The van der Waals surface area contributed by atoms with Crippen molar-refractivity contribution in [3.05, 3.63) is 23.5 Å². The molecule has 0 aromatic carbocycles. The fraction of sp³-hybridized carbons (Fsp3) is 0.385. The van der Waals surface area contributed by atoms with Gasteiger partial charge in [0.1, 0.15) is 0 Å². The Morgan fingerprint density at radius 1 is 1.18 bits per heavy atom. The standard InChI is InChI=1S/C13H17N3O/c1-4-8-6-11-9(10(5-2)15-8)7-12(17-3)13(14)16-11/h6-7H,4-5H2,1-3H3,(H2,14,16). The van der Waals surface area contributed by atoms with Crippen LogP contribution in [0, 0.1) is 0 Å². The molecule has 2 aromatic heterocycles. The first-order valence-electron chi connectivity index (χ1n) is 5.82. The first kappa shape index (κ1) is 11.6. The Morgan fingerprint density at radius 2 is 1.94 bits per heavy atom. The van der Waals surface area contributed by atoms with Crippen LogP contribution in [0.1, 0.15) is 25.2 Å². The summed E-state index contributed by atoms with van der Waals surface area (Å²) in [6.45, 7) is 4.17. The first-order valence-corrected chi connectivity index (χ1v) is 5.82. The van der Waals surface area contributed by atoms with Gasteiger partial charge in [0.15, 0.2) is 11.6 Å². The number of hydrogen-bond donors (Lipinski definition) is 1. The number of fused-ring (bicyclic) bond motifs is 1. The highest BCUT2D eigenvalue weighted by Crippen LogP contribution is 2.27. The van der Waals surface area contributed by atoms with E-state index < -0.39 is 0 Å². The number of nitrogens with zero attached hydrogens (tertiary/aromatic N) is 2. The lowest BCUT2D eigenvalue weighted by molar-refractivity contribution is 0.416. The van der Waals surface area contributed by atoms with Crippen LogP contribution < -0.4 is 10.5 Å². The van der Waals surface area contributed by atoms with Crippen molar-refractivity contribution >= 4 is 16.7 Å². The lowest BCUT2D eigenvalue weighted by Crippen LogP contribution is -2.01. The number of anilines is 1. The topological polar surface area (TPSA) is 61.0 Å². The molecule has 2 N–H and O–H groups in total. The molecular weight excluding hydrogens is 214 g/mol. The lowest BCUT2D eigenvalue weighted by Gasteiger charge is -2.09. The monoisotopic (exact) mass is 231 g/mol. The molecule has 0 aliphatic rings. The summed E-state index contributed by atoms with van der Waals surface area (Å²) in [5.41, 5.74) is 8.81. The van der Waals surface area contributed by atoms with E-state index in [1.807, 2.05) is 12.1 Å². The van der Waals surface area contributed by atoms with Crippen molar-refractivity contribution in [3.63, 3.8) is 0 Å². The van der Waals surface area contributed by atoms with Crippen LogP contribution >= 0.6 is 0 Å². The molecule has 0 spiro atoms. The summed E-state index contributed by atoms with van der Waals surface area (Å²) in [4.78, 5) is 8.98. The molecule has 2 rings (SSSR count). The molecule has 0 saturated heterocycles. The SMILES string of the molecule is CCc1cc2nc(N)c(OC)cc2c(CC)n1. The molecule has 4 heteroatoms. The maximum absolute atomic E-state index is 5.82. The van der Waals surface area contributed by atoms with Crippen molar-refractivity contribution < 1.29 is 4.74 Å². The third-order valence-electron chi connectivity index (χ3n) is 2.85. The normalized spacial score (nSPS) is 10.8. The molecule has 0 aliphatic heterocycles.